The first-order valence-corrected chi connectivity index (χ1v) is 17.9. The van der Waals surface area contributed by atoms with E-state index in [1.807, 2.05) is 36.4 Å². The van der Waals surface area contributed by atoms with Gasteiger partial charge in [-0.2, -0.15) is 0 Å². The normalized spacial score (nSPS) is 11.8. The van der Waals surface area contributed by atoms with Gasteiger partial charge >= 0.3 is 0 Å². The number of imidazole rings is 1. The number of hydrogen-bond donors (Lipinski definition) is 0. The average Bonchev–Trinajstić information content (AvgIpc) is 3.93. The van der Waals surface area contributed by atoms with Crippen LogP contribution in [0.3, 0.4) is 0 Å². The van der Waals surface area contributed by atoms with E-state index < -0.39 is 0 Å². The highest BCUT2D eigenvalue weighted by Crippen LogP contribution is 2.44. The highest BCUT2D eigenvalue weighted by molar-refractivity contribution is 6.25. The summed E-state index contributed by atoms with van der Waals surface area (Å²) in [4.78, 5) is 5.15. The van der Waals surface area contributed by atoms with E-state index in [1.54, 1.807) is 0 Å². The number of nitrogens with zero attached hydrogens (tertiary/aromatic N) is 2. The summed E-state index contributed by atoms with van der Waals surface area (Å²) >= 11 is 0. The summed E-state index contributed by atoms with van der Waals surface area (Å²) in [5.41, 5.74) is 14.4. The maximum Gasteiger partial charge on any atom is 0.147 e. The molecule has 4 heteroatoms. The molecule has 248 valence electrons. The molecule has 0 bridgehead atoms. The molecule has 0 saturated carbocycles. The summed E-state index contributed by atoms with van der Waals surface area (Å²) in [6.45, 7) is 0. The first kappa shape index (κ1) is 29.5. The quantitative estimate of drug-likeness (QED) is 0.182. The Kier molecular flexibility index (Phi) is 6.52. The van der Waals surface area contributed by atoms with Crippen molar-refractivity contribution in [2.45, 2.75) is 0 Å². The molecule has 0 saturated heterocycles. The van der Waals surface area contributed by atoms with Crippen molar-refractivity contribution in [1.29, 1.82) is 0 Å². The maximum absolute atomic E-state index is 6.53. The minimum Gasteiger partial charge on any atom is -0.455 e. The molecule has 0 aliphatic rings. The number of furan rings is 2. The fourth-order valence-electron chi connectivity index (χ4n) is 7.86. The van der Waals surface area contributed by atoms with Gasteiger partial charge in [0.25, 0.3) is 0 Å². The van der Waals surface area contributed by atoms with E-state index in [4.69, 9.17) is 13.8 Å². The van der Waals surface area contributed by atoms with Crippen molar-refractivity contribution in [1.82, 2.24) is 9.55 Å². The number of hydrogen-bond acceptors (Lipinski definition) is 3. The second kappa shape index (κ2) is 11.7. The fraction of sp³-hybridized carbons (Fsp3) is 0. The van der Waals surface area contributed by atoms with Crippen LogP contribution in [0.2, 0.25) is 0 Å². The number of fused-ring (bicyclic) bond motifs is 8. The SMILES string of the molecule is c1ccc(-c2nc3cc(-c4ccc(-c5ccc(-c6cc7c8ccccc8oc7c7c6oc6ccccc67)cc5)cc4)ccc3n2-c2ccccc2)cc1. The first-order valence-electron chi connectivity index (χ1n) is 17.9. The van der Waals surface area contributed by atoms with Crippen molar-refractivity contribution in [3.05, 3.63) is 182 Å². The second-order valence-corrected chi connectivity index (χ2v) is 13.5. The van der Waals surface area contributed by atoms with Gasteiger partial charge < -0.3 is 8.83 Å². The third-order valence-electron chi connectivity index (χ3n) is 10.4. The van der Waals surface area contributed by atoms with Gasteiger partial charge in [0.05, 0.1) is 16.4 Å². The summed E-state index contributed by atoms with van der Waals surface area (Å²) in [5, 5.41) is 4.28. The minimum absolute atomic E-state index is 0.844. The van der Waals surface area contributed by atoms with Crippen molar-refractivity contribution < 1.29 is 8.83 Å². The molecule has 11 rings (SSSR count). The molecule has 0 spiro atoms. The van der Waals surface area contributed by atoms with Crippen LogP contribution in [0.25, 0.3) is 105 Å². The van der Waals surface area contributed by atoms with Crippen molar-refractivity contribution in [3.8, 4) is 50.5 Å². The standard InChI is InChI=1S/C49H30N2O2/c1-3-11-35(12-4-1)49-50-42-29-36(27-28-43(42)51(49)37-13-5-2-6-14-37)33-21-19-31(20-22-33)32-23-25-34(26-24-32)40-30-41-38-15-7-9-17-44(38)52-48(41)46-39-16-8-10-18-45(39)53-47(40)46/h1-30H. The lowest BCUT2D eigenvalue weighted by atomic mass is 9.96. The fourth-order valence-corrected chi connectivity index (χ4v) is 7.86. The lowest BCUT2D eigenvalue weighted by molar-refractivity contribution is 0.663. The summed E-state index contributed by atoms with van der Waals surface area (Å²) < 4.78 is 15.2. The Balaban J connectivity index is 0.953. The number of benzene rings is 8. The van der Waals surface area contributed by atoms with Crippen molar-refractivity contribution in [2.75, 3.05) is 0 Å². The van der Waals surface area contributed by atoms with Gasteiger partial charge in [-0.1, -0.05) is 140 Å². The summed E-state index contributed by atoms with van der Waals surface area (Å²) in [6.07, 6.45) is 0. The molecule has 3 aromatic heterocycles. The van der Waals surface area contributed by atoms with Gasteiger partial charge in [0, 0.05) is 33.0 Å². The molecule has 0 N–H and O–H groups in total. The molecule has 0 unspecified atom stereocenters. The summed E-state index contributed by atoms with van der Waals surface area (Å²) in [5.74, 6) is 0.932. The van der Waals surface area contributed by atoms with Crippen LogP contribution < -0.4 is 0 Å². The van der Waals surface area contributed by atoms with Gasteiger partial charge in [-0.3, -0.25) is 4.57 Å². The Morgan fingerprint density at radius 3 is 1.66 bits per heavy atom. The maximum atomic E-state index is 6.53. The Bertz CT molecular complexity index is 3130. The molecular weight excluding hydrogens is 649 g/mol. The van der Waals surface area contributed by atoms with Crippen LogP contribution in [0.15, 0.2) is 191 Å². The molecule has 0 amide bonds. The van der Waals surface area contributed by atoms with Crippen molar-refractivity contribution >= 4 is 54.9 Å². The zero-order valence-electron chi connectivity index (χ0n) is 28.5. The molecule has 0 atom stereocenters. The molecule has 0 radical (unpaired) electrons. The molecule has 0 aliphatic heterocycles. The molecule has 0 fully saturated rings. The van der Waals surface area contributed by atoms with Crippen LogP contribution >= 0.6 is 0 Å². The Morgan fingerprint density at radius 1 is 0.396 bits per heavy atom. The third-order valence-corrected chi connectivity index (χ3v) is 10.4. The molecule has 0 aliphatic carbocycles. The first-order chi connectivity index (χ1) is 26.3. The van der Waals surface area contributed by atoms with Gasteiger partial charge in [0.2, 0.25) is 0 Å². The monoisotopic (exact) mass is 678 g/mol. The zero-order chi connectivity index (χ0) is 34.9. The van der Waals surface area contributed by atoms with E-state index in [2.05, 4.69) is 150 Å². The van der Waals surface area contributed by atoms with Gasteiger partial charge in [-0.15, -0.1) is 0 Å². The van der Waals surface area contributed by atoms with Crippen LogP contribution in [0, 0.1) is 0 Å². The van der Waals surface area contributed by atoms with Crippen LogP contribution in [0.1, 0.15) is 0 Å². The molecule has 3 heterocycles. The van der Waals surface area contributed by atoms with Crippen LogP contribution in [0.4, 0.5) is 0 Å². The Labute approximate surface area is 304 Å². The molecule has 8 aromatic carbocycles. The highest BCUT2D eigenvalue weighted by Gasteiger charge is 2.21. The predicted octanol–water partition coefficient (Wildman–Crippen LogP) is 13.5. The number of aromatic nitrogens is 2. The Hall–Kier alpha value is -7.17. The smallest absolute Gasteiger partial charge is 0.147 e. The summed E-state index contributed by atoms with van der Waals surface area (Å²) in [6, 6.07) is 63.7. The van der Waals surface area contributed by atoms with Gasteiger partial charge in [-0.25, -0.2) is 4.98 Å². The van der Waals surface area contributed by atoms with Crippen LogP contribution in [0.5, 0.6) is 0 Å². The van der Waals surface area contributed by atoms with Crippen molar-refractivity contribution in [2.24, 2.45) is 0 Å². The highest BCUT2D eigenvalue weighted by atomic mass is 16.3. The molecule has 11 aromatic rings. The lowest BCUT2D eigenvalue weighted by Crippen LogP contribution is -1.97. The van der Waals surface area contributed by atoms with Gasteiger partial charge in [0.15, 0.2) is 0 Å². The second-order valence-electron chi connectivity index (χ2n) is 13.5. The van der Waals surface area contributed by atoms with Crippen LogP contribution in [-0.2, 0) is 0 Å². The minimum atomic E-state index is 0.844. The summed E-state index contributed by atoms with van der Waals surface area (Å²) in [7, 11) is 0. The van der Waals surface area contributed by atoms with E-state index in [-0.39, 0.29) is 0 Å². The number of rotatable bonds is 5. The largest absolute Gasteiger partial charge is 0.455 e. The average molecular weight is 679 g/mol. The van der Waals surface area contributed by atoms with E-state index in [9.17, 15) is 0 Å². The topological polar surface area (TPSA) is 44.1 Å². The van der Waals surface area contributed by atoms with Gasteiger partial charge in [-0.05, 0) is 70.3 Å². The lowest BCUT2D eigenvalue weighted by Gasteiger charge is -2.10. The number of para-hydroxylation sites is 3. The van der Waals surface area contributed by atoms with Crippen LogP contribution in [-0.4, -0.2) is 9.55 Å². The molecular formula is C49H30N2O2. The van der Waals surface area contributed by atoms with E-state index in [0.29, 0.717) is 0 Å². The van der Waals surface area contributed by atoms with Crippen molar-refractivity contribution in [3.63, 3.8) is 0 Å². The third kappa shape index (κ3) is 4.73. The van der Waals surface area contributed by atoms with Gasteiger partial charge in [0.1, 0.15) is 28.2 Å². The van der Waals surface area contributed by atoms with E-state index in [1.165, 1.54) is 0 Å². The van der Waals surface area contributed by atoms with E-state index >= 15 is 0 Å². The van der Waals surface area contributed by atoms with E-state index in [0.717, 1.165) is 105 Å². The predicted molar refractivity (Wildman–Crippen MR) is 217 cm³/mol. The zero-order valence-corrected chi connectivity index (χ0v) is 28.5. The Morgan fingerprint density at radius 2 is 0.943 bits per heavy atom. The molecule has 4 nitrogen and oxygen atoms in total. The molecule has 53 heavy (non-hydrogen) atoms.